The molecule has 1 aromatic heterocycles. The van der Waals surface area contributed by atoms with E-state index in [-0.39, 0.29) is 41.5 Å². The number of halogens is 1. The minimum absolute atomic E-state index is 0. The average molecular weight is 527 g/mol. The zero-order valence-electron chi connectivity index (χ0n) is 16.1. The van der Waals surface area contributed by atoms with Gasteiger partial charge in [-0.15, -0.1) is 35.3 Å². The molecule has 2 N–H and O–H groups in total. The van der Waals surface area contributed by atoms with Crippen molar-refractivity contribution in [3.63, 3.8) is 0 Å². The molecule has 0 aliphatic carbocycles. The van der Waals surface area contributed by atoms with Crippen molar-refractivity contribution in [2.24, 2.45) is 10.9 Å². The summed E-state index contributed by atoms with van der Waals surface area (Å²) in [5, 5.41) is 8.74. The summed E-state index contributed by atoms with van der Waals surface area (Å²) in [5.74, 6) is 1.71. The first-order valence-corrected chi connectivity index (χ1v) is 12.2. The Morgan fingerprint density at radius 2 is 2.22 bits per heavy atom. The number of sulfone groups is 1. The van der Waals surface area contributed by atoms with E-state index < -0.39 is 9.84 Å². The highest BCUT2D eigenvalue weighted by atomic mass is 127. The molecule has 0 bridgehead atoms. The summed E-state index contributed by atoms with van der Waals surface area (Å²) in [5.41, 5.74) is 0. The van der Waals surface area contributed by atoms with Crippen LogP contribution < -0.4 is 10.6 Å². The van der Waals surface area contributed by atoms with Crippen molar-refractivity contribution in [2.75, 3.05) is 38.2 Å². The van der Waals surface area contributed by atoms with Crippen LogP contribution in [0.4, 0.5) is 0 Å². The normalized spacial score (nSPS) is 28.5. The highest BCUT2D eigenvalue weighted by Crippen LogP contribution is 2.37. The predicted molar refractivity (Wildman–Crippen MR) is 124 cm³/mol. The maximum atomic E-state index is 11.7. The lowest BCUT2D eigenvalue weighted by atomic mass is 9.88. The van der Waals surface area contributed by atoms with E-state index in [1.54, 1.807) is 0 Å². The molecule has 0 spiro atoms. The number of nitrogens with zero attached hydrogens (tertiary/aromatic N) is 2. The molecule has 0 aromatic carbocycles. The molecule has 3 heterocycles. The number of piperidine rings is 1. The Kier molecular flexibility index (Phi) is 8.82. The summed E-state index contributed by atoms with van der Waals surface area (Å²) in [7, 11) is -0.686. The number of rotatable bonds is 5. The second-order valence-electron chi connectivity index (χ2n) is 7.31. The zero-order valence-corrected chi connectivity index (χ0v) is 20.0. The van der Waals surface area contributed by atoms with E-state index in [0.717, 1.165) is 25.6 Å². The van der Waals surface area contributed by atoms with Crippen LogP contribution in [0.25, 0.3) is 0 Å². The van der Waals surface area contributed by atoms with Gasteiger partial charge in [0, 0.05) is 30.1 Å². The number of likely N-dealkylation sites (tertiary alicyclic amines) is 1. The van der Waals surface area contributed by atoms with Crippen molar-refractivity contribution in [3.8, 4) is 0 Å². The third-order valence-corrected chi connectivity index (χ3v) is 7.95. The summed E-state index contributed by atoms with van der Waals surface area (Å²) < 4.78 is 23.4. The first-order chi connectivity index (χ1) is 12.5. The van der Waals surface area contributed by atoms with E-state index in [1.807, 2.05) is 18.3 Å². The Hall–Kier alpha value is -0.390. The van der Waals surface area contributed by atoms with Crippen LogP contribution in [-0.4, -0.2) is 63.5 Å². The van der Waals surface area contributed by atoms with Crippen molar-refractivity contribution < 1.29 is 8.42 Å². The molecule has 3 unspecified atom stereocenters. The van der Waals surface area contributed by atoms with Crippen molar-refractivity contribution in [2.45, 2.75) is 38.3 Å². The van der Waals surface area contributed by atoms with Gasteiger partial charge in [-0.3, -0.25) is 9.89 Å². The molecule has 2 aliphatic rings. The standard InChI is InChI=1S/C18H30N4O2S2.HI/c1-3-19-18(21-15-8-11-26(23,24)13-15)20-12-14-6-4-9-22(2)17(14)16-7-5-10-25-16;/h5,7,10,14-15,17H,3-4,6,8-9,11-13H2,1-2H3,(H2,19,20,21);1H. The molecular formula is C18H31IN4O2S2. The number of guanidine groups is 1. The lowest BCUT2D eigenvalue weighted by molar-refractivity contribution is 0.128. The van der Waals surface area contributed by atoms with E-state index in [1.165, 1.54) is 17.7 Å². The Morgan fingerprint density at radius 3 is 2.85 bits per heavy atom. The lowest BCUT2D eigenvalue weighted by Crippen LogP contribution is -2.44. The highest BCUT2D eigenvalue weighted by Gasteiger charge is 2.32. The topological polar surface area (TPSA) is 73.8 Å². The summed E-state index contributed by atoms with van der Waals surface area (Å²) in [6, 6.07) is 4.73. The third-order valence-electron chi connectivity index (χ3n) is 5.24. The van der Waals surface area contributed by atoms with Crippen LogP contribution >= 0.6 is 35.3 Å². The SMILES string of the molecule is CCNC(=NCC1CCCN(C)C1c1cccs1)NC1CCS(=O)(=O)C1.I. The van der Waals surface area contributed by atoms with Crippen molar-refractivity contribution in [3.05, 3.63) is 22.4 Å². The number of hydrogen-bond donors (Lipinski definition) is 2. The molecule has 0 saturated carbocycles. The van der Waals surface area contributed by atoms with E-state index >= 15 is 0 Å². The molecule has 1 aromatic rings. The molecule has 154 valence electrons. The van der Waals surface area contributed by atoms with Crippen LogP contribution in [0.15, 0.2) is 22.5 Å². The summed E-state index contributed by atoms with van der Waals surface area (Å²) in [4.78, 5) is 8.67. The van der Waals surface area contributed by atoms with Gasteiger partial charge in [-0.2, -0.15) is 0 Å². The Balaban J connectivity index is 0.00000261. The molecule has 27 heavy (non-hydrogen) atoms. The molecule has 2 saturated heterocycles. The maximum absolute atomic E-state index is 11.7. The van der Waals surface area contributed by atoms with Gasteiger partial charge in [-0.05, 0) is 57.1 Å². The number of aliphatic imine (C=N–C) groups is 1. The number of hydrogen-bond acceptors (Lipinski definition) is 5. The van der Waals surface area contributed by atoms with Crippen LogP contribution in [0.2, 0.25) is 0 Å². The van der Waals surface area contributed by atoms with Gasteiger partial charge >= 0.3 is 0 Å². The van der Waals surface area contributed by atoms with Gasteiger partial charge in [0.05, 0.1) is 11.5 Å². The lowest BCUT2D eigenvalue weighted by Gasteiger charge is -2.38. The van der Waals surface area contributed by atoms with Gasteiger partial charge in [-0.1, -0.05) is 6.07 Å². The van der Waals surface area contributed by atoms with Crippen LogP contribution in [0.5, 0.6) is 0 Å². The van der Waals surface area contributed by atoms with Crippen LogP contribution in [0, 0.1) is 5.92 Å². The van der Waals surface area contributed by atoms with Gasteiger partial charge in [0.25, 0.3) is 0 Å². The molecule has 2 fully saturated rings. The molecular weight excluding hydrogens is 495 g/mol. The Labute approximate surface area is 184 Å². The second kappa shape index (κ2) is 10.4. The van der Waals surface area contributed by atoms with E-state index in [0.29, 0.717) is 18.4 Å². The Morgan fingerprint density at radius 1 is 1.41 bits per heavy atom. The van der Waals surface area contributed by atoms with Crippen LogP contribution in [-0.2, 0) is 9.84 Å². The monoisotopic (exact) mass is 526 g/mol. The molecule has 0 radical (unpaired) electrons. The molecule has 3 rings (SSSR count). The molecule has 0 amide bonds. The average Bonchev–Trinajstić information content (AvgIpc) is 3.22. The molecule has 9 heteroatoms. The van der Waals surface area contributed by atoms with Gasteiger partial charge in [0.1, 0.15) is 0 Å². The van der Waals surface area contributed by atoms with E-state index in [9.17, 15) is 8.42 Å². The van der Waals surface area contributed by atoms with E-state index in [2.05, 4.69) is 40.1 Å². The van der Waals surface area contributed by atoms with Gasteiger partial charge in [0.15, 0.2) is 15.8 Å². The number of thiophene rings is 1. The fourth-order valence-corrected chi connectivity index (χ4v) is 6.65. The fraction of sp³-hybridized carbons (Fsp3) is 0.722. The first-order valence-electron chi connectivity index (χ1n) is 9.47. The fourth-order valence-electron chi connectivity index (χ4n) is 3.99. The van der Waals surface area contributed by atoms with Crippen LogP contribution in [0.1, 0.15) is 37.1 Å². The molecule has 2 aliphatic heterocycles. The third kappa shape index (κ3) is 6.30. The highest BCUT2D eigenvalue weighted by molar-refractivity contribution is 14.0. The first kappa shape index (κ1) is 22.9. The van der Waals surface area contributed by atoms with Gasteiger partial charge in [0.2, 0.25) is 0 Å². The predicted octanol–water partition coefficient (Wildman–Crippen LogP) is 2.49. The molecule has 6 nitrogen and oxygen atoms in total. The Bertz CT molecular complexity index is 709. The van der Waals surface area contributed by atoms with Crippen molar-refractivity contribution >= 4 is 51.1 Å². The minimum atomic E-state index is -2.89. The second-order valence-corrected chi connectivity index (χ2v) is 10.5. The number of nitrogens with one attached hydrogen (secondary N) is 2. The van der Waals surface area contributed by atoms with Crippen molar-refractivity contribution in [1.29, 1.82) is 0 Å². The summed E-state index contributed by atoms with van der Waals surface area (Å²) >= 11 is 1.82. The largest absolute Gasteiger partial charge is 0.357 e. The van der Waals surface area contributed by atoms with Crippen LogP contribution in [0.3, 0.4) is 0 Å². The van der Waals surface area contributed by atoms with Gasteiger partial charge < -0.3 is 10.6 Å². The zero-order chi connectivity index (χ0) is 18.6. The molecule has 3 atom stereocenters. The van der Waals surface area contributed by atoms with Gasteiger partial charge in [-0.25, -0.2) is 8.42 Å². The van der Waals surface area contributed by atoms with E-state index in [4.69, 9.17) is 4.99 Å². The van der Waals surface area contributed by atoms with Crippen molar-refractivity contribution in [1.82, 2.24) is 15.5 Å². The quantitative estimate of drug-likeness (QED) is 0.351. The summed E-state index contributed by atoms with van der Waals surface area (Å²) in [6.45, 7) is 4.68. The minimum Gasteiger partial charge on any atom is -0.357 e. The maximum Gasteiger partial charge on any atom is 0.191 e. The smallest absolute Gasteiger partial charge is 0.191 e. The summed E-state index contributed by atoms with van der Waals surface area (Å²) in [6.07, 6.45) is 3.04.